The fraction of sp³-hybridized carbons (Fsp3) is 0.364. The van der Waals surface area contributed by atoms with Crippen molar-refractivity contribution in [3.63, 3.8) is 0 Å². The lowest BCUT2D eigenvalue weighted by Gasteiger charge is -2.08. The average Bonchev–Trinajstić information content (AvgIpc) is 2.22. The van der Waals surface area contributed by atoms with Gasteiger partial charge in [0, 0.05) is 12.2 Å². The summed E-state index contributed by atoms with van der Waals surface area (Å²) in [6, 6.07) is 5.52. The number of aliphatic hydroxyl groups is 1. The lowest BCUT2D eigenvalue weighted by molar-refractivity contribution is -0.120. The first-order valence-corrected chi connectivity index (χ1v) is 4.86. The minimum atomic E-state index is -0.0993. The summed E-state index contributed by atoms with van der Waals surface area (Å²) in [6.45, 7) is 2.14. The minimum absolute atomic E-state index is 0.0400. The van der Waals surface area contributed by atoms with Gasteiger partial charge in [-0.3, -0.25) is 4.79 Å². The van der Waals surface area contributed by atoms with E-state index >= 15 is 0 Å². The van der Waals surface area contributed by atoms with Crippen molar-refractivity contribution in [2.45, 2.75) is 13.3 Å². The molecule has 4 nitrogen and oxygen atoms in total. The maximum atomic E-state index is 11.4. The molecule has 0 radical (unpaired) electrons. The van der Waals surface area contributed by atoms with Crippen LogP contribution < -0.4 is 11.1 Å². The van der Waals surface area contributed by atoms with Crippen LogP contribution in [0.25, 0.3) is 0 Å². The van der Waals surface area contributed by atoms with Gasteiger partial charge >= 0.3 is 0 Å². The van der Waals surface area contributed by atoms with E-state index < -0.39 is 0 Å². The molecule has 0 saturated heterocycles. The van der Waals surface area contributed by atoms with Gasteiger partial charge in [0.2, 0.25) is 5.91 Å². The lowest BCUT2D eigenvalue weighted by Crippen LogP contribution is -2.28. The Balaban J connectivity index is 2.64. The quantitative estimate of drug-likeness (QED) is 0.620. The van der Waals surface area contributed by atoms with Crippen molar-refractivity contribution < 1.29 is 9.90 Å². The monoisotopic (exact) mass is 208 g/mol. The maximum absolute atomic E-state index is 11.4. The van der Waals surface area contributed by atoms with E-state index in [2.05, 4.69) is 5.32 Å². The highest BCUT2D eigenvalue weighted by Crippen LogP contribution is 2.15. The highest BCUT2D eigenvalue weighted by atomic mass is 16.3. The molecular weight excluding hydrogens is 192 g/mol. The van der Waals surface area contributed by atoms with Crippen LogP contribution in [-0.4, -0.2) is 24.2 Å². The van der Waals surface area contributed by atoms with E-state index in [0.29, 0.717) is 18.7 Å². The van der Waals surface area contributed by atoms with Gasteiger partial charge in [0.25, 0.3) is 0 Å². The summed E-state index contributed by atoms with van der Waals surface area (Å²) in [4.78, 5) is 11.4. The van der Waals surface area contributed by atoms with Crippen LogP contribution in [-0.2, 0) is 11.2 Å². The molecule has 82 valence electrons. The molecule has 1 aromatic carbocycles. The van der Waals surface area contributed by atoms with Crippen LogP contribution in [0.3, 0.4) is 0 Å². The second kappa shape index (κ2) is 5.36. The normalized spacial score (nSPS) is 10.0. The SMILES string of the molecule is Cc1c(N)cccc1CC(=O)NCCO. The van der Waals surface area contributed by atoms with Gasteiger partial charge < -0.3 is 16.2 Å². The van der Waals surface area contributed by atoms with Crippen molar-refractivity contribution >= 4 is 11.6 Å². The number of hydrogen-bond acceptors (Lipinski definition) is 3. The third-order valence-electron chi connectivity index (χ3n) is 2.27. The molecule has 0 atom stereocenters. The van der Waals surface area contributed by atoms with E-state index in [-0.39, 0.29) is 12.5 Å². The fourth-order valence-corrected chi connectivity index (χ4v) is 1.33. The first-order valence-electron chi connectivity index (χ1n) is 4.86. The zero-order chi connectivity index (χ0) is 11.3. The Morgan fingerprint density at radius 2 is 2.27 bits per heavy atom. The third-order valence-corrected chi connectivity index (χ3v) is 2.27. The molecular formula is C11H16N2O2. The molecule has 0 saturated carbocycles. The lowest BCUT2D eigenvalue weighted by atomic mass is 10.0. The van der Waals surface area contributed by atoms with Crippen LogP contribution in [0, 0.1) is 6.92 Å². The van der Waals surface area contributed by atoms with Crippen molar-refractivity contribution in [2.24, 2.45) is 0 Å². The summed E-state index contributed by atoms with van der Waals surface area (Å²) in [6.07, 6.45) is 0.302. The minimum Gasteiger partial charge on any atom is -0.399 e. The number of nitrogen functional groups attached to an aromatic ring is 1. The number of nitrogens with one attached hydrogen (secondary N) is 1. The second-order valence-electron chi connectivity index (χ2n) is 3.38. The molecule has 15 heavy (non-hydrogen) atoms. The molecule has 1 amide bonds. The molecule has 1 rings (SSSR count). The van der Waals surface area contributed by atoms with Gasteiger partial charge in [-0.25, -0.2) is 0 Å². The van der Waals surface area contributed by atoms with Crippen LogP contribution in [0.2, 0.25) is 0 Å². The Morgan fingerprint density at radius 1 is 1.53 bits per heavy atom. The Kier molecular flexibility index (Phi) is 4.12. The van der Waals surface area contributed by atoms with Gasteiger partial charge in [0.1, 0.15) is 0 Å². The number of amides is 1. The second-order valence-corrected chi connectivity index (χ2v) is 3.38. The van der Waals surface area contributed by atoms with Gasteiger partial charge in [-0.05, 0) is 24.1 Å². The topological polar surface area (TPSA) is 75.4 Å². The summed E-state index contributed by atoms with van der Waals surface area (Å²) in [5.74, 6) is -0.0993. The molecule has 0 aromatic heterocycles. The maximum Gasteiger partial charge on any atom is 0.224 e. The van der Waals surface area contributed by atoms with Crippen LogP contribution in [0.5, 0.6) is 0 Å². The van der Waals surface area contributed by atoms with Gasteiger partial charge in [-0.15, -0.1) is 0 Å². The summed E-state index contributed by atoms with van der Waals surface area (Å²) >= 11 is 0. The molecule has 0 aliphatic heterocycles. The van der Waals surface area contributed by atoms with E-state index in [0.717, 1.165) is 11.1 Å². The van der Waals surface area contributed by atoms with Crippen LogP contribution in [0.1, 0.15) is 11.1 Å². The Bertz CT molecular complexity index is 350. The number of anilines is 1. The first-order chi connectivity index (χ1) is 7.15. The van der Waals surface area contributed by atoms with Crippen molar-refractivity contribution in [1.29, 1.82) is 0 Å². The van der Waals surface area contributed by atoms with Crippen molar-refractivity contribution in [3.05, 3.63) is 29.3 Å². The number of carbonyl (C=O) groups excluding carboxylic acids is 1. The molecule has 0 fully saturated rings. The van der Waals surface area contributed by atoms with E-state index in [9.17, 15) is 4.79 Å². The van der Waals surface area contributed by atoms with Gasteiger partial charge in [-0.2, -0.15) is 0 Å². The Hall–Kier alpha value is -1.55. The number of hydrogen-bond donors (Lipinski definition) is 3. The third kappa shape index (κ3) is 3.25. The van der Waals surface area contributed by atoms with E-state index in [1.54, 1.807) is 0 Å². The average molecular weight is 208 g/mol. The number of benzene rings is 1. The molecule has 0 spiro atoms. The summed E-state index contributed by atoms with van der Waals surface area (Å²) in [5, 5.41) is 11.1. The molecule has 1 aromatic rings. The molecule has 0 bridgehead atoms. The molecule has 4 N–H and O–H groups in total. The van der Waals surface area contributed by atoms with Crippen LogP contribution in [0.4, 0.5) is 5.69 Å². The van der Waals surface area contributed by atoms with Gasteiger partial charge in [0.15, 0.2) is 0 Å². The Morgan fingerprint density at radius 3 is 2.93 bits per heavy atom. The Labute approximate surface area is 89.1 Å². The smallest absolute Gasteiger partial charge is 0.224 e. The number of nitrogens with two attached hydrogens (primary N) is 1. The first kappa shape index (κ1) is 11.5. The van der Waals surface area contributed by atoms with E-state index in [1.807, 2.05) is 25.1 Å². The number of aliphatic hydroxyl groups excluding tert-OH is 1. The van der Waals surface area contributed by atoms with Crippen molar-refractivity contribution in [1.82, 2.24) is 5.32 Å². The highest BCUT2D eigenvalue weighted by molar-refractivity contribution is 5.79. The highest BCUT2D eigenvalue weighted by Gasteiger charge is 2.06. The standard InChI is InChI=1S/C11H16N2O2/c1-8-9(3-2-4-10(8)12)7-11(15)13-5-6-14/h2-4,14H,5-7,12H2,1H3,(H,13,15). The molecule has 0 heterocycles. The molecule has 4 heteroatoms. The van der Waals surface area contributed by atoms with Crippen LogP contribution in [0.15, 0.2) is 18.2 Å². The van der Waals surface area contributed by atoms with Gasteiger partial charge in [-0.1, -0.05) is 12.1 Å². The molecule has 0 aliphatic rings. The zero-order valence-electron chi connectivity index (χ0n) is 8.79. The fourth-order valence-electron chi connectivity index (χ4n) is 1.33. The van der Waals surface area contributed by atoms with Crippen molar-refractivity contribution in [3.8, 4) is 0 Å². The van der Waals surface area contributed by atoms with Crippen molar-refractivity contribution in [2.75, 3.05) is 18.9 Å². The number of rotatable bonds is 4. The summed E-state index contributed by atoms with van der Waals surface area (Å²) < 4.78 is 0. The summed E-state index contributed by atoms with van der Waals surface area (Å²) in [7, 11) is 0. The largest absolute Gasteiger partial charge is 0.399 e. The van der Waals surface area contributed by atoms with Crippen LogP contribution >= 0.6 is 0 Å². The van der Waals surface area contributed by atoms with E-state index in [4.69, 9.17) is 10.8 Å². The predicted octanol–water partition coefficient (Wildman–Crippen LogP) is 0.228. The van der Waals surface area contributed by atoms with E-state index in [1.165, 1.54) is 0 Å². The van der Waals surface area contributed by atoms with Gasteiger partial charge in [0.05, 0.1) is 13.0 Å². The predicted molar refractivity (Wildman–Crippen MR) is 59.4 cm³/mol. The number of carbonyl (C=O) groups is 1. The molecule has 0 unspecified atom stereocenters. The molecule has 0 aliphatic carbocycles. The zero-order valence-corrected chi connectivity index (χ0v) is 8.79. The summed E-state index contributed by atoms with van der Waals surface area (Å²) in [5.41, 5.74) is 8.28.